The minimum atomic E-state index is 0.506. The summed E-state index contributed by atoms with van der Waals surface area (Å²) in [4.78, 5) is 1.90. The molecule has 0 aliphatic rings. The SMILES string of the molecule is C#CCN(C)c1ccc(N)c2[nH+]onc12. The molecule has 76 valence electrons. The number of nitrogens with one attached hydrogen (secondary N) is 1. The number of terminal acetylenes is 1. The van der Waals surface area contributed by atoms with Crippen molar-refractivity contribution >= 4 is 22.4 Å². The lowest BCUT2D eigenvalue weighted by Crippen LogP contribution is -2.17. The maximum atomic E-state index is 5.75. The van der Waals surface area contributed by atoms with E-state index in [0.29, 0.717) is 23.3 Å². The predicted octanol–water partition coefficient (Wildman–Crippen LogP) is 0.294. The zero-order valence-corrected chi connectivity index (χ0v) is 8.32. The number of nitrogens with two attached hydrogens (primary N) is 1. The Morgan fingerprint density at radius 3 is 3.20 bits per heavy atom. The zero-order valence-electron chi connectivity index (χ0n) is 8.32. The Kier molecular flexibility index (Phi) is 2.18. The number of rotatable bonds is 2. The first-order chi connectivity index (χ1) is 7.24. The van der Waals surface area contributed by atoms with Crippen LogP contribution in [-0.2, 0) is 0 Å². The van der Waals surface area contributed by atoms with Crippen LogP contribution in [0.2, 0.25) is 0 Å². The Labute approximate surface area is 86.8 Å². The fraction of sp³-hybridized carbons (Fsp3) is 0.200. The first kappa shape index (κ1) is 9.34. The van der Waals surface area contributed by atoms with Crippen LogP contribution < -0.4 is 15.8 Å². The lowest BCUT2D eigenvalue weighted by molar-refractivity contribution is -0.601. The quantitative estimate of drug-likeness (QED) is 0.562. The van der Waals surface area contributed by atoms with Gasteiger partial charge in [-0.2, -0.15) is 0 Å². The summed E-state index contributed by atoms with van der Waals surface area (Å²) in [6.45, 7) is 0.506. The highest BCUT2D eigenvalue weighted by Gasteiger charge is 2.18. The van der Waals surface area contributed by atoms with Crippen molar-refractivity contribution < 1.29 is 9.79 Å². The average Bonchev–Trinajstić information content (AvgIpc) is 2.68. The van der Waals surface area contributed by atoms with Crippen LogP contribution in [0, 0.1) is 12.3 Å². The molecular formula is C10H11N4O+. The molecule has 0 aliphatic heterocycles. The number of benzene rings is 1. The second kappa shape index (κ2) is 3.50. The molecule has 1 heterocycles. The van der Waals surface area contributed by atoms with E-state index in [1.165, 1.54) is 0 Å². The third kappa shape index (κ3) is 1.46. The Morgan fingerprint density at radius 2 is 2.47 bits per heavy atom. The fourth-order valence-electron chi connectivity index (χ4n) is 1.44. The van der Waals surface area contributed by atoms with Gasteiger partial charge in [0, 0.05) is 7.05 Å². The van der Waals surface area contributed by atoms with Crippen molar-refractivity contribution in [3.8, 4) is 12.3 Å². The second-order valence-corrected chi connectivity index (χ2v) is 3.24. The largest absolute Gasteiger partial charge is 0.395 e. The van der Waals surface area contributed by atoms with E-state index in [4.69, 9.17) is 16.8 Å². The number of fused-ring (bicyclic) bond motifs is 1. The maximum absolute atomic E-state index is 5.75. The van der Waals surface area contributed by atoms with Crippen LogP contribution in [-0.4, -0.2) is 18.7 Å². The molecule has 0 amide bonds. The van der Waals surface area contributed by atoms with Crippen LogP contribution in [0.4, 0.5) is 11.4 Å². The summed E-state index contributed by atoms with van der Waals surface area (Å²) in [6, 6.07) is 3.66. The van der Waals surface area contributed by atoms with Gasteiger partial charge in [-0.05, 0) is 12.1 Å². The second-order valence-electron chi connectivity index (χ2n) is 3.24. The topological polar surface area (TPSA) is 69.4 Å². The van der Waals surface area contributed by atoms with Gasteiger partial charge in [-0.1, -0.05) is 15.7 Å². The molecule has 0 saturated heterocycles. The first-order valence-corrected chi connectivity index (χ1v) is 4.44. The summed E-state index contributed by atoms with van der Waals surface area (Å²) in [5, 5.41) is 6.50. The third-order valence-corrected chi connectivity index (χ3v) is 2.21. The Hall–Kier alpha value is -2.22. The molecule has 3 N–H and O–H groups in total. The van der Waals surface area contributed by atoms with Crippen LogP contribution in [0.3, 0.4) is 0 Å². The monoisotopic (exact) mass is 203 g/mol. The number of hydrogen-bond donors (Lipinski definition) is 1. The van der Waals surface area contributed by atoms with Gasteiger partial charge in [0.2, 0.25) is 5.52 Å². The summed E-state index contributed by atoms with van der Waals surface area (Å²) in [7, 11) is 1.89. The number of aromatic nitrogens is 2. The van der Waals surface area contributed by atoms with E-state index in [2.05, 4.69) is 16.2 Å². The fourth-order valence-corrected chi connectivity index (χ4v) is 1.44. The van der Waals surface area contributed by atoms with Crippen molar-refractivity contribution in [1.82, 2.24) is 5.16 Å². The highest BCUT2D eigenvalue weighted by molar-refractivity contribution is 5.93. The normalized spacial score (nSPS) is 10.1. The molecule has 0 aliphatic carbocycles. The van der Waals surface area contributed by atoms with Gasteiger partial charge >= 0.3 is 0 Å². The van der Waals surface area contributed by atoms with Crippen LogP contribution in [0.5, 0.6) is 0 Å². The van der Waals surface area contributed by atoms with Gasteiger partial charge in [0.05, 0.1) is 17.9 Å². The van der Waals surface area contributed by atoms with Crippen LogP contribution in [0.1, 0.15) is 0 Å². The standard InChI is InChI=1S/C10H10N4O/c1-3-6-14(2)8-5-4-7(11)9-10(8)13-15-12-9/h1,4-5H,6,11H2,2H3/p+1. The van der Waals surface area contributed by atoms with E-state index in [9.17, 15) is 0 Å². The van der Waals surface area contributed by atoms with E-state index in [1.807, 2.05) is 18.0 Å². The summed E-state index contributed by atoms with van der Waals surface area (Å²) >= 11 is 0. The van der Waals surface area contributed by atoms with E-state index >= 15 is 0 Å². The van der Waals surface area contributed by atoms with Crippen molar-refractivity contribution in [2.24, 2.45) is 0 Å². The highest BCUT2D eigenvalue weighted by atomic mass is 16.6. The van der Waals surface area contributed by atoms with Gasteiger partial charge in [-0.25, -0.2) is 0 Å². The van der Waals surface area contributed by atoms with Crippen molar-refractivity contribution in [3.05, 3.63) is 12.1 Å². The van der Waals surface area contributed by atoms with Gasteiger partial charge in [0.1, 0.15) is 0 Å². The molecule has 0 bridgehead atoms. The lowest BCUT2D eigenvalue weighted by atomic mass is 10.2. The zero-order chi connectivity index (χ0) is 10.8. The molecule has 0 atom stereocenters. The number of nitrogens with zero attached hydrogens (tertiary/aromatic N) is 2. The predicted molar refractivity (Wildman–Crippen MR) is 57.1 cm³/mol. The van der Waals surface area contributed by atoms with E-state index < -0.39 is 0 Å². The lowest BCUT2D eigenvalue weighted by Gasteiger charge is -2.13. The molecule has 0 saturated carbocycles. The number of anilines is 2. The van der Waals surface area contributed by atoms with Crippen molar-refractivity contribution in [3.63, 3.8) is 0 Å². The molecule has 5 nitrogen and oxygen atoms in total. The molecule has 1 aromatic heterocycles. The minimum Gasteiger partial charge on any atom is -0.395 e. The Bertz CT molecular complexity index is 526. The van der Waals surface area contributed by atoms with Gasteiger partial charge in [0.25, 0.3) is 5.52 Å². The van der Waals surface area contributed by atoms with Crippen molar-refractivity contribution in [2.75, 3.05) is 24.2 Å². The highest BCUT2D eigenvalue weighted by Crippen LogP contribution is 2.25. The van der Waals surface area contributed by atoms with Gasteiger partial charge in [-0.3, -0.25) is 0 Å². The summed E-state index contributed by atoms with van der Waals surface area (Å²) in [5.74, 6) is 2.56. The Morgan fingerprint density at radius 1 is 1.67 bits per heavy atom. The molecule has 1 aromatic carbocycles. The van der Waals surface area contributed by atoms with Gasteiger partial charge in [0.15, 0.2) is 5.16 Å². The maximum Gasteiger partial charge on any atom is 0.298 e. The molecule has 0 unspecified atom stereocenters. The summed E-state index contributed by atoms with van der Waals surface area (Å²) < 4.78 is 4.78. The third-order valence-electron chi connectivity index (χ3n) is 2.21. The van der Waals surface area contributed by atoms with Gasteiger partial charge in [-0.15, -0.1) is 6.42 Å². The van der Waals surface area contributed by atoms with Crippen molar-refractivity contribution in [2.45, 2.75) is 0 Å². The minimum absolute atomic E-state index is 0.506. The van der Waals surface area contributed by atoms with E-state index in [1.54, 1.807) is 6.07 Å². The summed E-state index contributed by atoms with van der Waals surface area (Å²) in [6.07, 6.45) is 5.25. The molecule has 5 heteroatoms. The molecule has 2 rings (SSSR count). The number of H-pyrrole nitrogens is 1. The molecule has 2 aromatic rings. The number of hydrogen-bond acceptors (Lipinski definition) is 4. The first-order valence-electron chi connectivity index (χ1n) is 4.44. The molecule has 0 radical (unpaired) electrons. The molecule has 15 heavy (non-hydrogen) atoms. The van der Waals surface area contributed by atoms with E-state index in [0.717, 1.165) is 5.69 Å². The van der Waals surface area contributed by atoms with Crippen LogP contribution in [0.25, 0.3) is 11.0 Å². The van der Waals surface area contributed by atoms with Crippen LogP contribution >= 0.6 is 0 Å². The summed E-state index contributed by atoms with van der Waals surface area (Å²) in [5.41, 5.74) is 8.62. The molecular weight excluding hydrogens is 192 g/mol. The smallest absolute Gasteiger partial charge is 0.298 e. The molecule has 0 spiro atoms. The van der Waals surface area contributed by atoms with Crippen LogP contribution in [0.15, 0.2) is 16.8 Å². The Balaban J connectivity index is 2.58. The van der Waals surface area contributed by atoms with Crippen molar-refractivity contribution in [1.29, 1.82) is 0 Å². The number of aromatic amines is 1. The average molecular weight is 203 g/mol. The molecule has 0 fully saturated rings. The van der Waals surface area contributed by atoms with E-state index in [-0.39, 0.29) is 0 Å². The van der Waals surface area contributed by atoms with Gasteiger partial charge < -0.3 is 10.6 Å². The number of nitrogen functional groups attached to an aromatic ring is 1.